The number of aliphatic imine (C=N–C) groups is 1. The Morgan fingerprint density at radius 1 is 0.867 bits per heavy atom. The maximum atomic E-state index is 13.0. The summed E-state index contributed by atoms with van der Waals surface area (Å²) < 4.78 is 17.3. The third kappa shape index (κ3) is 2.45. The average Bonchev–Trinajstić information content (AvgIpc) is 2.74. The number of hydrogen-bond donors (Lipinski definition) is 0. The van der Waals surface area contributed by atoms with Gasteiger partial charge in [0.15, 0.2) is 0 Å². The monoisotopic (exact) mass is 405 g/mol. The molecular formula is C24H23NO5. The summed E-state index contributed by atoms with van der Waals surface area (Å²) in [6, 6.07) is 11.1. The van der Waals surface area contributed by atoms with Crippen molar-refractivity contribution in [2.45, 2.75) is 37.9 Å². The fraction of sp³-hybridized carbons (Fsp3) is 0.458. The zero-order valence-electron chi connectivity index (χ0n) is 16.8. The number of fused-ring (bicyclic) bond motifs is 1. The Balaban J connectivity index is 1.37. The molecule has 2 aromatic rings. The van der Waals surface area contributed by atoms with Crippen LogP contribution in [0.2, 0.25) is 0 Å². The van der Waals surface area contributed by atoms with E-state index in [4.69, 9.17) is 14.2 Å². The van der Waals surface area contributed by atoms with E-state index in [2.05, 4.69) is 4.99 Å². The van der Waals surface area contributed by atoms with Crippen LogP contribution < -0.4 is 4.74 Å². The third-order valence-electron chi connectivity index (χ3n) is 7.48. The van der Waals surface area contributed by atoms with E-state index in [1.807, 2.05) is 24.3 Å². The highest BCUT2D eigenvalue weighted by Crippen LogP contribution is 2.60. The lowest BCUT2D eigenvalue weighted by Gasteiger charge is -2.59. The van der Waals surface area contributed by atoms with E-state index in [1.165, 1.54) is 6.42 Å². The first-order valence-corrected chi connectivity index (χ1v) is 10.7. The number of carbonyl (C=O) groups excluding carboxylic acids is 2. The molecule has 0 aromatic heterocycles. The van der Waals surface area contributed by atoms with Crippen molar-refractivity contribution in [3.8, 4) is 5.75 Å². The van der Waals surface area contributed by atoms with Gasteiger partial charge < -0.3 is 14.2 Å². The second-order valence-electron chi connectivity index (χ2n) is 9.10. The topological polar surface area (TPSA) is 74.2 Å². The fourth-order valence-corrected chi connectivity index (χ4v) is 6.41. The largest absolute Gasteiger partial charge is 0.496 e. The Kier molecular flexibility index (Phi) is 3.77. The van der Waals surface area contributed by atoms with Crippen LogP contribution in [0, 0.1) is 23.7 Å². The Bertz CT molecular complexity index is 1050. The van der Waals surface area contributed by atoms with E-state index in [1.54, 1.807) is 19.2 Å². The quantitative estimate of drug-likeness (QED) is 0.701. The molecule has 5 aliphatic rings. The molecule has 1 aliphatic heterocycles. The first kappa shape index (κ1) is 17.9. The second-order valence-corrected chi connectivity index (χ2v) is 9.10. The molecule has 4 aliphatic carbocycles. The summed E-state index contributed by atoms with van der Waals surface area (Å²) in [6.45, 7) is 0. The number of rotatable bonds is 2. The summed E-state index contributed by atoms with van der Waals surface area (Å²) in [6.07, 6.45) is 5.17. The van der Waals surface area contributed by atoms with Gasteiger partial charge in [-0.25, -0.2) is 14.6 Å². The van der Waals surface area contributed by atoms with Gasteiger partial charge in [-0.1, -0.05) is 24.3 Å². The molecule has 0 unspecified atom stereocenters. The van der Waals surface area contributed by atoms with Crippen molar-refractivity contribution in [1.82, 2.24) is 0 Å². The first-order valence-electron chi connectivity index (χ1n) is 10.7. The van der Waals surface area contributed by atoms with Gasteiger partial charge in [0.1, 0.15) is 5.75 Å². The molecule has 0 N–H and O–H groups in total. The smallest absolute Gasteiger partial charge is 0.367 e. The molecule has 4 bridgehead atoms. The highest BCUT2D eigenvalue weighted by atomic mass is 16.7. The lowest BCUT2D eigenvalue weighted by molar-refractivity contribution is -0.308. The van der Waals surface area contributed by atoms with Crippen LogP contribution in [0.4, 0.5) is 5.69 Å². The molecule has 2 aromatic carbocycles. The van der Waals surface area contributed by atoms with Crippen molar-refractivity contribution in [2.75, 3.05) is 7.11 Å². The van der Waals surface area contributed by atoms with Crippen molar-refractivity contribution in [3.05, 3.63) is 36.4 Å². The van der Waals surface area contributed by atoms with Gasteiger partial charge in [-0.3, -0.25) is 0 Å². The normalized spacial score (nSPS) is 34.2. The van der Waals surface area contributed by atoms with Gasteiger partial charge in [0.05, 0.1) is 12.8 Å². The molecule has 30 heavy (non-hydrogen) atoms. The van der Waals surface area contributed by atoms with E-state index in [0.717, 1.165) is 36.5 Å². The number of carbonyl (C=O) groups is 2. The van der Waals surface area contributed by atoms with E-state index in [-0.39, 0.29) is 17.5 Å². The molecular weight excluding hydrogens is 382 g/mol. The molecule has 1 heterocycles. The molecule has 5 fully saturated rings. The number of nitrogens with zero attached hydrogens (tertiary/aromatic N) is 1. The van der Waals surface area contributed by atoms with Crippen LogP contribution in [0.25, 0.3) is 10.8 Å². The summed E-state index contributed by atoms with van der Waals surface area (Å²) >= 11 is 0. The molecule has 6 heteroatoms. The van der Waals surface area contributed by atoms with Crippen molar-refractivity contribution in [2.24, 2.45) is 28.7 Å². The highest BCUT2D eigenvalue weighted by molar-refractivity contribution is 6.63. The van der Waals surface area contributed by atoms with Crippen molar-refractivity contribution < 1.29 is 23.8 Å². The van der Waals surface area contributed by atoms with E-state index >= 15 is 0 Å². The van der Waals surface area contributed by atoms with Gasteiger partial charge >= 0.3 is 11.9 Å². The van der Waals surface area contributed by atoms with E-state index in [0.29, 0.717) is 23.3 Å². The number of benzene rings is 2. The van der Waals surface area contributed by atoms with Gasteiger partial charge in [-0.15, -0.1) is 0 Å². The predicted octanol–water partition coefficient (Wildman–Crippen LogP) is 4.17. The summed E-state index contributed by atoms with van der Waals surface area (Å²) in [4.78, 5) is 30.4. The first-order chi connectivity index (χ1) is 14.6. The Labute approximate surface area is 174 Å². The van der Waals surface area contributed by atoms with E-state index < -0.39 is 17.7 Å². The minimum Gasteiger partial charge on any atom is -0.496 e. The van der Waals surface area contributed by atoms with Crippen LogP contribution in [0.15, 0.2) is 41.4 Å². The lowest BCUT2D eigenvalue weighted by atomic mass is 9.53. The number of ether oxygens (including phenoxy) is 3. The van der Waals surface area contributed by atoms with Crippen molar-refractivity contribution in [3.63, 3.8) is 0 Å². The molecule has 6 nitrogen and oxygen atoms in total. The summed E-state index contributed by atoms with van der Waals surface area (Å²) in [5.74, 6) is -0.126. The van der Waals surface area contributed by atoms with Crippen LogP contribution in [-0.2, 0) is 19.1 Å². The van der Waals surface area contributed by atoms with Gasteiger partial charge in [0.25, 0.3) is 5.79 Å². The molecule has 7 rings (SSSR count). The van der Waals surface area contributed by atoms with Crippen LogP contribution in [0.1, 0.15) is 32.1 Å². The molecule has 0 atom stereocenters. The molecule has 0 radical (unpaired) electrons. The zero-order chi connectivity index (χ0) is 20.5. The Hall–Kier alpha value is -2.89. The minimum absolute atomic E-state index is 0.116. The molecule has 1 saturated heterocycles. The number of esters is 2. The van der Waals surface area contributed by atoms with Gasteiger partial charge in [0.2, 0.25) is 5.71 Å². The zero-order valence-corrected chi connectivity index (χ0v) is 16.8. The predicted molar refractivity (Wildman–Crippen MR) is 110 cm³/mol. The third-order valence-corrected chi connectivity index (χ3v) is 7.48. The Morgan fingerprint density at radius 2 is 1.47 bits per heavy atom. The molecule has 1 spiro atoms. The van der Waals surface area contributed by atoms with Gasteiger partial charge in [-0.05, 0) is 56.1 Å². The fourth-order valence-electron chi connectivity index (χ4n) is 6.41. The van der Waals surface area contributed by atoms with Crippen LogP contribution >= 0.6 is 0 Å². The summed E-state index contributed by atoms with van der Waals surface area (Å²) in [5.41, 5.74) is 0.223. The molecule has 0 amide bonds. The Morgan fingerprint density at radius 3 is 2.07 bits per heavy atom. The summed E-state index contributed by atoms with van der Waals surface area (Å²) in [5, 5.41) is 1.65. The average molecular weight is 405 g/mol. The maximum Gasteiger partial charge on any atom is 0.367 e. The van der Waals surface area contributed by atoms with E-state index in [9.17, 15) is 9.59 Å². The number of methoxy groups -OCH3 is 1. The standard InChI is InChI=1S/C24H23NO5/c1-28-20-7-6-19(17-4-2-3-5-18(17)20)25-21-22(26)29-24(30-23(21)27)15-9-13-8-14(11-15)12-16(24)10-13/h2-7,13-16H,8-12H2,1H3. The maximum absolute atomic E-state index is 13.0. The molecule has 4 saturated carbocycles. The highest BCUT2D eigenvalue weighted by Gasteiger charge is 2.64. The minimum atomic E-state index is -1.08. The summed E-state index contributed by atoms with van der Waals surface area (Å²) in [7, 11) is 1.60. The van der Waals surface area contributed by atoms with Crippen LogP contribution in [-0.4, -0.2) is 30.5 Å². The van der Waals surface area contributed by atoms with Crippen molar-refractivity contribution in [1.29, 1.82) is 0 Å². The van der Waals surface area contributed by atoms with Crippen molar-refractivity contribution >= 4 is 34.1 Å². The van der Waals surface area contributed by atoms with Crippen LogP contribution in [0.3, 0.4) is 0 Å². The van der Waals surface area contributed by atoms with Gasteiger partial charge in [0, 0.05) is 22.6 Å². The lowest BCUT2D eigenvalue weighted by Crippen LogP contribution is -2.65. The number of hydrogen-bond acceptors (Lipinski definition) is 6. The second kappa shape index (κ2) is 6.30. The SMILES string of the molecule is COc1ccc(N=C2C(=O)OC3(OC2=O)C2CC4CC(C2)CC3C4)c2ccccc12. The molecule has 154 valence electrons. The van der Waals surface area contributed by atoms with Gasteiger partial charge in [-0.2, -0.15) is 0 Å². The van der Waals surface area contributed by atoms with Crippen LogP contribution in [0.5, 0.6) is 5.75 Å².